The molecule has 1 saturated heterocycles. The van der Waals surface area contributed by atoms with Crippen LogP contribution in [0.3, 0.4) is 0 Å². The average Bonchev–Trinajstić information content (AvgIpc) is 2.30. The van der Waals surface area contributed by atoms with E-state index in [1.807, 2.05) is 0 Å². The second-order valence-electron chi connectivity index (χ2n) is 4.33. The molecule has 19 heavy (non-hydrogen) atoms. The molecule has 0 aliphatic carbocycles. The third-order valence-corrected chi connectivity index (χ3v) is 4.04. The van der Waals surface area contributed by atoms with Crippen LogP contribution in [0, 0.1) is 0 Å². The molecule has 1 amide bonds. The van der Waals surface area contributed by atoms with Gasteiger partial charge in [0.1, 0.15) is 5.76 Å². The van der Waals surface area contributed by atoms with Crippen molar-refractivity contribution in [2.75, 3.05) is 19.5 Å². The Labute approximate surface area is 116 Å². The van der Waals surface area contributed by atoms with Crippen molar-refractivity contribution in [1.82, 2.24) is 4.90 Å². The first-order valence-electron chi connectivity index (χ1n) is 6.01. The monoisotopic (exact) mass is 287 g/mol. The van der Waals surface area contributed by atoms with Crippen LogP contribution in [0.5, 0.6) is 0 Å². The second kappa shape index (κ2) is 5.83. The number of thioether (sulfide) groups is 1. The molecule has 0 spiro atoms. The molecular formula is C12H17NO5S. The van der Waals surface area contributed by atoms with Gasteiger partial charge in [-0.1, -0.05) is 0 Å². The van der Waals surface area contributed by atoms with E-state index in [9.17, 15) is 9.59 Å². The highest BCUT2D eigenvalue weighted by molar-refractivity contribution is 8.00. The fourth-order valence-corrected chi connectivity index (χ4v) is 3.31. The fourth-order valence-electron chi connectivity index (χ4n) is 2.08. The second-order valence-corrected chi connectivity index (χ2v) is 5.50. The number of nitrogens with zero attached hydrogens (tertiary/aromatic N) is 1. The lowest BCUT2D eigenvalue weighted by Crippen LogP contribution is -2.53. The maximum absolute atomic E-state index is 11.6. The Morgan fingerprint density at radius 1 is 1.58 bits per heavy atom. The van der Waals surface area contributed by atoms with E-state index in [4.69, 9.17) is 14.2 Å². The first-order valence-corrected chi connectivity index (χ1v) is 7.06. The summed E-state index contributed by atoms with van der Waals surface area (Å²) in [5.74, 6) is 0.969. The van der Waals surface area contributed by atoms with Crippen molar-refractivity contribution >= 4 is 23.6 Å². The molecule has 0 N–H and O–H groups in total. The van der Waals surface area contributed by atoms with E-state index in [2.05, 4.69) is 0 Å². The number of methoxy groups -OCH3 is 1. The molecule has 0 aromatic carbocycles. The van der Waals surface area contributed by atoms with Crippen molar-refractivity contribution in [2.24, 2.45) is 0 Å². The van der Waals surface area contributed by atoms with Crippen molar-refractivity contribution in [2.45, 2.75) is 31.9 Å². The average molecular weight is 287 g/mol. The first-order chi connectivity index (χ1) is 9.02. The number of amides is 1. The maximum Gasteiger partial charge on any atom is 0.305 e. The minimum absolute atomic E-state index is 0.0745. The lowest BCUT2D eigenvalue weighted by atomic mass is 10.1. The van der Waals surface area contributed by atoms with E-state index in [0.717, 1.165) is 5.70 Å². The first kappa shape index (κ1) is 14.2. The zero-order chi connectivity index (χ0) is 14.0. The summed E-state index contributed by atoms with van der Waals surface area (Å²) < 4.78 is 15.7. The van der Waals surface area contributed by atoms with Gasteiger partial charge in [-0.3, -0.25) is 14.5 Å². The quantitative estimate of drug-likeness (QED) is 0.428. The predicted molar refractivity (Wildman–Crippen MR) is 68.9 cm³/mol. The van der Waals surface area contributed by atoms with Gasteiger partial charge in [0.25, 0.3) is 0 Å². The van der Waals surface area contributed by atoms with Gasteiger partial charge < -0.3 is 14.2 Å². The van der Waals surface area contributed by atoms with Crippen molar-refractivity contribution < 1.29 is 23.8 Å². The summed E-state index contributed by atoms with van der Waals surface area (Å²) in [5.41, 5.74) is 0.738. The summed E-state index contributed by atoms with van der Waals surface area (Å²) in [7, 11) is 1.57. The molecule has 2 atom stereocenters. The minimum atomic E-state index is -0.673. The Morgan fingerprint density at radius 3 is 2.89 bits per heavy atom. The SMILES string of the molecule is COCC1=C(OC(C)OC(C)=O)CS[C@H]2CC(=O)N12. The Bertz CT molecular complexity index is 422. The number of fused-ring (bicyclic) bond motifs is 1. The Balaban J connectivity index is 2.11. The molecule has 2 heterocycles. The number of carbonyl (C=O) groups excluding carboxylic acids is 2. The van der Waals surface area contributed by atoms with Crippen LogP contribution < -0.4 is 0 Å². The van der Waals surface area contributed by atoms with Gasteiger partial charge in [0.05, 0.1) is 29.9 Å². The molecule has 6 nitrogen and oxygen atoms in total. The number of β-lactam (4-membered cyclic amide) rings is 1. The van der Waals surface area contributed by atoms with E-state index in [1.165, 1.54) is 6.92 Å². The molecule has 7 heteroatoms. The van der Waals surface area contributed by atoms with Crippen LogP contribution in [0.1, 0.15) is 20.3 Å². The van der Waals surface area contributed by atoms with E-state index in [1.54, 1.807) is 30.7 Å². The van der Waals surface area contributed by atoms with Gasteiger partial charge >= 0.3 is 5.97 Å². The lowest BCUT2D eigenvalue weighted by Gasteiger charge is -2.45. The Morgan fingerprint density at radius 2 is 2.32 bits per heavy atom. The van der Waals surface area contributed by atoms with E-state index in [0.29, 0.717) is 24.5 Å². The molecular weight excluding hydrogens is 270 g/mol. The van der Waals surface area contributed by atoms with Crippen LogP contribution in [0.4, 0.5) is 0 Å². The van der Waals surface area contributed by atoms with E-state index >= 15 is 0 Å². The number of esters is 1. The van der Waals surface area contributed by atoms with Crippen LogP contribution in [-0.2, 0) is 23.8 Å². The lowest BCUT2D eigenvalue weighted by molar-refractivity contribution is -0.166. The number of carbonyl (C=O) groups is 2. The highest BCUT2D eigenvalue weighted by Crippen LogP contribution is 2.40. The molecule has 0 bridgehead atoms. The summed E-state index contributed by atoms with van der Waals surface area (Å²) >= 11 is 1.64. The topological polar surface area (TPSA) is 65.1 Å². The molecule has 2 aliphatic rings. The van der Waals surface area contributed by atoms with Gasteiger partial charge in [-0.15, -0.1) is 11.8 Å². The summed E-state index contributed by atoms with van der Waals surface area (Å²) in [6, 6.07) is 0. The van der Waals surface area contributed by atoms with Crippen molar-refractivity contribution in [1.29, 1.82) is 0 Å². The van der Waals surface area contributed by atoms with Crippen LogP contribution in [0.2, 0.25) is 0 Å². The predicted octanol–water partition coefficient (Wildman–Crippen LogP) is 1.08. The van der Waals surface area contributed by atoms with Crippen molar-refractivity contribution in [3.63, 3.8) is 0 Å². The molecule has 0 radical (unpaired) electrons. The summed E-state index contributed by atoms with van der Waals surface area (Å²) in [6.45, 7) is 3.29. The smallest absolute Gasteiger partial charge is 0.305 e. The summed E-state index contributed by atoms with van der Waals surface area (Å²) in [4.78, 5) is 24.2. The highest BCUT2D eigenvalue weighted by Gasteiger charge is 2.43. The van der Waals surface area contributed by atoms with Crippen LogP contribution in [0.15, 0.2) is 11.5 Å². The van der Waals surface area contributed by atoms with Gasteiger partial charge in [-0.25, -0.2) is 0 Å². The fraction of sp³-hybridized carbons (Fsp3) is 0.667. The summed E-state index contributed by atoms with van der Waals surface area (Å²) in [6.07, 6.45) is -0.113. The van der Waals surface area contributed by atoms with Gasteiger partial charge in [0, 0.05) is 21.0 Å². The molecule has 0 aromatic rings. The molecule has 2 rings (SSSR count). The largest absolute Gasteiger partial charge is 0.457 e. The zero-order valence-electron chi connectivity index (χ0n) is 11.2. The standard InChI is InChI=1S/C12H17NO5S/c1-7(14)17-8(2)18-10-6-19-12-4-11(15)13(12)9(10)5-16-3/h8,12H,4-6H2,1-3H3/t8?,12-/m0/s1. The van der Waals surface area contributed by atoms with Gasteiger partial charge in [0.15, 0.2) is 0 Å². The molecule has 1 fully saturated rings. The van der Waals surface area contributed by atoms with Gasteiger partial charge in [-0.2, -0.15) is 0 Å². The summed E-state index contributed by atoms with van der Waals surface area (Å²) in [5, 5.41) is 0.189. The molecule has 0 aromatic heterocycles. The van der Waals surface area contributed by atoms with Crippen LogP contribution in [0.25, 0.3) is 0 Å². The molecule has 1 unspecified atom stereocenters. The Kier molecular flexibility index (Phi) is 4.36. The van der Waals surface area contributed by atoms with Gasteiger partial charge in [-0.05, 0) is 0 Å². The third-order valence-electron chi connectivity index (χ3n) is 2.85. The van der Waals surface area contributed by atoms with Gasteiger partial charge in [0.2, 0.25) is 12.2 Å². The molecule has 2 aliphatic heterocycles. The number of hydrogen-bond acceptors (Lipinski definition) is 6. The number of ether oxygens (including phenoxy) is 3. The van der Waals surface area contributed by atoms with E-state index in [-0.39, 0.29) is 11.3 Å². The molecule has 0 saturated carbocycles. The highest BCUT2D eigenvalue weighted by atomic mass is 32.2. The maximum atomic E-state index is 11.6. The normalized spacial score (nSPS) is 23.6. The van der Waals surface area contributed by atoms with Crippen molar-refractivity contribution in [3.8, 4) is 0 Å². The van der Waals surface area contributed by atoms with Crippen LogP contribution in [-0.4, -0.2) is 47.9 Å². The minimum Gasteiger partial charge on any atom is -0.457 e. The zero-order valence-corrected chi connectivity index (χ0v) is 12.0. The van der Waals surface area contributed by atoms with Crippen molar-refractivity contribution in [3.05, 3.63) is 11.5 Å². The van der Waals surface area contributed by atoms with E-state index < -0.39 is 12.3 Å². The third kappa shape index (κ3) is 3.03. The number of hydrogen-bond donors (Lipinski definition) is 0. The van der Waals surface area contributed by atoms with Crippen LogP contribution >= 0.6 is 11.8 Å². The molecule has 106 valence electrons. The number of rotatable bonds is 5. The Hall–Kier alpha value is -1.21.